The lowest BCUT2D eigenvalue weighted by molar-refractivity contribution is 0.103. The molecular formula is C16H21ClN2OS. The van der Waals surface area contributed by atoms with Crippen molar-refractivity contribution in [1.82, 2.24) is 5.32 Å². The van der Waals surface area contributed by atoms with Crippen LogP contribution >= 0.6 is 23.7 Å². The monoisotopic (exact) mass is 324 g/mol. The second-order valence-corrected chi connectivity index (χ2v) is 6.00. The van der Waals surface area contributed by atoms with E-state index in [1.54, 1.807) is 0 Å². The predicted molar refractivity (Wildman–Crippen MR) is 92.8 cm³/mol. The first-order chi connectivity index (χ1) is 9.61. The zero-order valence-corrected chi connectivity index (χ0v) is 14.2. The minimum atomic E-state index is -0.0323. The molecule has 0 atom stereocenters. The van der Waals surface area contributed by atoms with Gasteiger partial charge in [0, 0.05) is 17.1 Å². The Kier molecular flexibility index (Phi) is 6.89. The van der Waals surface area contributed by atoms with Crippen molar-refractivity contribution < 1.29 is 4.79 Å². The van der Waals surface area contributed by atoms with Gasteiger partial charge in [-0.3, -0.25) is 4.79 Å². The average Bonchev–Trinajstić information content (AvgIpc) is 2.78. The Labute approximate surface area is 136 Å². The van der Waals surface area contributed by atoms with Gasteiger partial charge in [-0.15, -0.1) is 23.7 Å². The normalized spacial score (nSPS) is 10.0. The SMILES string of the molecule is CCNCc1ccccc1NC(=O)c1cc(C)c(C)s1.Cl. The molecule has 0 saturated carbocycles. The molecule has 2 aromatic rings. The zero-order valence-electron chi connectivity index (χ0n) is 12.5. The molecule has 2 N–H and O–H groups in total. The van der Waals surface area contributed by atoms with E-state index >= 15 is 0 Å². The summed E-state index contributed by atoms with van der Waals surface area (Å²) in [5, 5.41) is 6.29. The van der Waals surface area contributed by atoms with Crippen LogP contribution in [-0.2, 0) is 6.54 Å². The number of amides is 1. The van der Waals surface area contributed by atoms with Crippen LogP contribution in [0.5, 0.6) is 0 Å². The summed E-state index contributed by atoms with van der Waals surface area (Å²) in [6.07, 6.45) is 0. The molecule has 21 heavy (non-hydrogen) atoms. The van der Waals surface area contributed by atoms with Crippen LogP contribution in [0.1, 0.15) is 32.6 Å². The Bertz CT molecular complexity index is 591. The number of rotatable bonds is 5. The molecule has 1 amide bonds. The Hall–Kier alpha value is -1.36. The third-order valence-corrected chi connectivity index (χ3v) is 4.37. The van der Waals surface area contributed by atoms with Gasteiger partial charge in [0.2, 0.25) is 0 Å². The second-order valence-electron chi connectivity index (χ2n) is 4.74. The molecule has 0 saturated heterocycles. The lowest BCUT2D eigenvalue weighted by Gasteiger charge is -2.10. The minimum Gasteiger partial charge on any atom is -0.321 e. The average molecular weight is 325 g/mol. The molecule has 1 aromatic heterocycles. The number of halogens is 1. The highest BCUT2D eigenvalue weighted by Gasteiger charge is 2.12. The number of carbonyl (C=O) groups excluding carboxylic acids is 1. The van der Waals surface area contributed by atoms with Gasteiger partial charge in [0.25, 0.3) is 5.91 Å². The van der Waals surface area contributed by atoms with E-state index in [0.29, 0.717) is 0 Å². The Morgan fingerprint density at radius 3 is 2.57 bits per heavy atom. The van der Waals surface area contributed by atoms with Crippen molar-refractivity contribution in [3.63, 3.8) is 0 Å². The van der Waals surface area contributed by atoms with E-state index < -0.39 is 0 Å². The topological polar surface area (TPSA) is 41.1 Å². The van der Waals surface area contributed by atoms with Crippen molar-refractivity contribution in [3.05, 3.63) is 51.2 Å². The largest absolute Gasteiger partial charge is 0.321 e. The maximum Gasteiger partial charge on any atom is 0.265 e. The maximum absolute atomic E-state index is 12.3. The molecule has 1 aromatic carbocycles. The Morgan fingerprint density at radius 1 is 1.24 bits per heavy atom. The molecule has 0 fully saturated rings. The maximum atomic E-state index is 12.3. The van der Waals surface area contributed by atoms with E-state index in [4.69, 9.17) is 0 Å². The van der Waals surface area contributed by atoms with Crippen molar-refractivity contribution in [2.24, 2.45) is 0 Å². The number of hydrogen-bond acceptors (Lipinski definition) is 3. The highest BCUT2D eigenvalue weighted by Crippen LogP contribution is 2.23. The van der Waals surface area contributed by atoms with E-state index in [1.807, 2.05) is 44.2 Å². The van der Waals surface area contributed by atoms with E-state index in [2.05, 4.69) is 17.6 Å². The third-order valence-electron chi connectivity index (χ3n) is 3.22. The van der Waals surface area contributed by atoms with Crippen LogP contribution < -0.4 is 10.6 Å². The van der Waals surface area contributed by atoms with Crippen molar-refractivity contribution in [3.8, 4) is 0 Å². The molecular weight excluding hydrogens is 304 g/mol. The van der Waals surface area contributed by atoms with Crippen LogP contribution in [0.25, 0.3) is 0 Å². The third kappa shape index (κ3) is 4.56. The van der Waals surface area contributed by atoms with E-state index in [1.165, 1.54) is 21.8 Å². The first kappa shape index (κ1) is 17.7. The van der Waals surface area contributed by atoms with Gasteiger partial charge in [0.1, 0.15) is 0 Å². The predicted octanol–water partition coefficient (Wildman–Crippen LogP) is 4.15. The molecule has 0 bridgehead atoms. The summed E-state index contributed by atoms with van der Waals surface area (Å²) >= 11 is 1.54. The van der Waals surface area contributed by atoms with Crippen LogP contribution in [0.4, 0.5) is 5.69 Å². The van der Waals surface area contributed by atoms with Gasteiger partial charge in [0.15, 0.2) is 0 Å². The summed E-state index contributed by atoms with van der Waals surface area (Å²) in [5.74, 6) is -0.0323. The van der Waals surface area contributed by atoms with Gasteiger partial charge in [-0.1, -0.05) is 25.1 Å². The number of anilines is 1. The zero-order chi connectivity index (χ0) is 14.5. The molecule has 0 aliphatic rings. The fourth-order valence-corrected chi connectivity index (χ4v) is 2.85. The van der Waals surface area contributed by atoms with Crippen LogP contribution in [0.3, 0.4) is 0 Å². The number of carbonyl (C=O) groups is 1. The van der Waals surface area contributed by atoms with Crippen LogP contribution in [0.2, 0.25) is 0 Å². The Balaban J connectivity index is 0.00000220. The molecule has 1 heterocycles. The smallest absolute Gasteiger partial charge is 0.265 e. The molecule has 3 nitrogen and oxygen atoms in total. The van der Waals surface area contributed by atoms with Gasteiger partial charge in [-0.25, -0.2) is 0 Å². The van der Waals surface area contributed by atoms with Crippen LogP contribution in [0.15, 0.2) is 30.3 Å². The quantitative estimate of drug-likeness (QED) is 0.867. The lowest BCUT2D eigenvalue weighted by Crippen LogP contribution is -2.16. The minimum absolute atomic E-state index is 0. The lowest BCUT2D eigenvalue weighted by atomic mass is 10.1. The van der Waals surface area contributed by atoms with Gasteiger partial charge >= 0.3 is 0 Å². The molecule has 0 aliphatic heterocycles. The van der Waals surface area contributed by atoms with E-state index in [-0.39, 0.29) is 18.3 Å². The van der Waals surface area contributed by atoms with Gasteiger partial charge in [-0.2, -0.15) is 0 Å². The number of thiophene rings is 1. The summed E-state index contributed by atoms with van der Waals surface area (Å²) in [5.41, 5.74) is 3.15. The molecule has 0 radical (unpaired) electrons. The van der Waals surface area contributed by atoms with Gasteiger partial charge in [0.05, 0.1) is 4.88 Å². The van der Waals surface area contributed by atoms with Gasteiger partial charge in [-0.05, 0) is 43.7 Å². The van der Waals surface area contributed by atoms with Crippen molar-refractivity contribution in [1.29, 1.82) is 0 Å². The summed E-state index contributed by atoms with van der Waals surface area (Å²) in [6, 6.07) is 9.85. The van der Waals surface area contributed by atoms with E-state index in [9.17, 15) is 4.79 Å². The number of aryl methyl sites for hydroxylation is 2. The molecule has 2 rings (SSSR count). The fourth-order valence-electron chi connectivity index (χ4n) is 1.93. The standard InChI is InChI=1S/C16H20N2OS.ClH/c1-4-17-10-13-7-5-6-8-14(13)18-16(19)15-9-11(2)12(3)20-15;/h5-9,17H,4,10H2,1-3H3,(H,18,19);1H. The first-order valence-electron chi connectivity index (χ1n) is 6.78. The molecule has 0 aliphatic carbocycles. The van der Waals surface area contributed by atoms with Crippen molar-refractivity contribution >= 4 is 35.3 Å². The number of para-hydroxylation sites is 1. The van der Waals surface area contributed by atoms with Crippen LogP contribution in [-0.4, -0.2) is 12.5 Å². The fraction of sp³-hybridized carbons (Fsp3) is 0.312. The molecule has 0 spiro atoms. The van der Waals surface area contributed by atoms with Gasteiger partial charge < -0.3 is 10.6 Å². The number of nitrogens with one attached hydrogen (secondary N) is 2. The van der Waals surface area contributed by atoms with E-state index in [0.717, 1.165) is 29.2 Å². The summed E-state index contributed by atoms with van der Waals surface area (Å²) in [6.45, 7) is 7.80. The Morgan fingerprint density at radius 2 is 1.95 bits per heavy atom. The van der Waals surface area contributed by atoms with Crippen molar-refractivity contribution in [2.75, 3.05) is 11.9 Å². The summed E-state index contributed by atoms with van der Waals surface area (Å²) in [7, 11) is 0. The first-order valence-corrected chi connectivity index (χ1v) is 7.60. The van der Waals surface area contributed by atoms with Crippen LogP contribution in [0, 0.1) is 13.8 Å². The van der Waals surface area contributed by atoms with Crippen molar-refractivity contribution in [2.45, 2.75) is 27.3 Å². The highest BCUT2D eigenvalue weighted by atomic mass is 35.5. The summed E-state index contributed by atoms with van der Waals surface area (Å²) < 4.78 is 0. The number of hydrogen-bond donors (Lipinski definition) is 2. The molecule has 114 valence electrons. The highest BCUT2D eigenvalue weighted by molar-refractivity contribution is 7.14. The molecule has 0 unspecified atom stereocenters. The molecule has 5 heteroatoms. The second kappa shape index (κ2) is 8.17. The number of benzene rings is 1. The summed E-state index contributed by atoms with van der Waals surface area (Å²) in [4.78, 5) is 14.2.